The minimum absolute atomic E-state index is 0.915. The maximum atomic E-state index is 5.01. The summed E-state index contributed by atoms with van der Waals surface area (Å²) in [6, 6.07) is 10.5. The predicted octanol–water partition coefficient (Wildman–Crippen LogP) is 2.45. The van der Waals surface area contributed by atoms with Crippen LogP contribution in [0, 0.1) is 0 Å². The van der Waals surface area contributed by atoms with Crippen molar-refractivity contribution < 1.29 is 4.74 Å². The molecule has 0 amide bonds. The summed E-state index contributed by atoms with van der Waals surface area (Å²) in [7, 11) is 2.71. The summed E-state index contributed by atoms with van der Waals surface area (Å²) < 4.78 is 5.01. The molecule has 1 rings (SSSR count). The molecule has 15 heavy (non-hydrogen) atoms. The van der Waals surface area contributed by atoms with Gasteiger partial charge in [0.05, 0.1) is 6.35 Å². The SMILES string of the molecule is COCPCCCNCc1ccccc1. The Kier molecular flexibility index (Phi) is 7.45. The molecule has 1 aromatic carbocycles. The summed E-state index contributed by atoms with van der Waals surface area (Å²) in [5.74, 6) is 0. The minimum atomic E-state index is 0.915. The molecule has 0 heterocycles. The quantitative estimate of drug-likeness (QED) is 0.542. The van der Waals surface area contributed by atoms with Gasteiger partial charge in [-0.25, -0.2) is 0 Å². The maximum absolute atomic E-state index is 5.01. The first kappa shape index (κ1) is 12.6. The molecular formula is C12H20NOP. The maximum Gasteiger partial charge on any atom is 0.0627 e. The fourth-order valence-corrected chi connectivity index (χ4v) is 2.12. The van der Waals surface area contributed by atoms with Crippen molar-refractivity contribution in [3.05, 3.63) is 35.9 Å². The van der Waals surface area contributed by atoms with Crippen LogP contribution in [0.2, 0.25) is 0 Å². The molecule has 0 radical (unpaired) electrons. The van der Waals surface area contributed by atoms with Crippen LogP contribution in [0.5, 0.6) is 0 Å². The van der Waals surface area contributed by atoms with Crippen LogP contribution < -0.4 is 5.32 Å². The fraction of sp³-hybridized carbons (Fsp3) is 0.500. The Morgan fingerprint density at radius 2 is 2.07 bits per heavy atom. The monoisotopic (exact) mass is 225 g/mol. The number of hydrogen-bond acceptors (Lipinski definition) is 2. The molecule has 0 spiro atoms. The zero-order chi connectivity index (χ0) is 10.8. The second-order valence-corrected chi connectivity index (χ2v) is 4.74. The molecule has 0 bridgehead atoms. The molecule has 0 aromatic heterocycles. The van der Waals surface area contributed by atoms with E-state index in [0.717, 1.165) is 28.0 Å². The van der Waals surface area contributed by atoms with Gasteiger partial charge in [-0.3, -0.25) is 0 Å². The average molecular weight is 225 g/mol. The highest BCUT2D eigenvalue weighted by atomic mass is 31.1. The topological polar surface area (TPSA) is 21.3 Å². The number of rotatable bonds is 8. The van der Waals surface area contributed by atoms with E-state index < -0.39 is 0 Å². The highest BCUT2D eigenvalue weighted by molar-refractivity contribution is 7.37. The Bertz CT molecular complexity index is 241. The van der Waals surface area contributed by atoms with Gasteiger partial charge in [0.15, 0.2) is 0 Å². The van der Waals surface area contributed by atoms with Crippen molar-refractivity contribution in [1.29, 1.82) is 0 Å². The highest BCUT2D eigenvalue weighted by Gasteiger charge is 1.91. The molecule has 1 atom stereocenters. The molecule has 0 saturated carbocycles. The molecule has 84 valence electrons. The number of hydrogen-bond donors (Lipinski definition) is 1. The predicted molar refractivity (Wildman–Crippen MR) is 67.8 cm³/mol. The number of methoxy groups -OCH3 is 1. The first-order valence-electron chi connectivity index (χ1n) is 5.38. The molecule has 3 heteroatoms. The Labute approximate surface area is 94.2 Å². The van der Waals surface area contributed by atoms with Crippen LogP contribution in [0.3, 0.4) is 0 Å². The van der Waals surface area contributed by atoms with Gasteiger partial charge >= 0.3 is 0 Å². The van der Waals surface area contributed by atoms with Crippen LogP contribution in [0.15, 0.2) is 30.3 Å². The largest absolute Gasteiger partial charge is 0.380 e. The zero-order valence-electron chi connectivity index (χ0n) is 9.33. The van der Waals surface area contributed by atoms with Crippen molar-refractivity contribution in [2.45, 2.75) is 13.0 Å². The number of nitrogens with one attached hydrogen (secondary N) is 1. The van der Waals surface area contributed by atoms with Crippen molar-refractivity contribution >= 4 is 8.58 Å². The molecule has 0 aliphatic heterocycles. The van der Waals surface area contributed by atoms with Gasteiger partial charge in [0.25, 0.3) is 0 Å². The first-order valence-corrected chi connectivity index (χ1v) is 6.79. The summed E-state index contributed by atoms with van der Waals surface area (Å²) >= 11 is 0. The van der Waals surface area contributed by atoms with Gasteiger partial charge in [0, 0.05) is 13.7 Å². The lowest BCUT2D eigenvalue weighted by molar-refractivity contribution is 0.256. The van der Waals surface area contributed by atoms with E-state index in [2.05, 4.69) is 35.6 Å². The van der Waals surface area contributed by atoms with E-state index in [1.165, 1.54) is 18.1 Å². The molecule has 0 fully saturated rings. The number of benzene rings is 1. The van der Waals surface area contributed by atoms with Crippen LogP contribution in [0.1, 0.15) is 12.0 Å². The molecule has 1 unspecified atom stereocenters. The van der Waals surface area contributed by atoms with E-state index >= 15 is 0 Å². The van der Waals surface area contributed by atoms with Crippen molar-refractivity contribution in [2.75, 3.05) is 26.2 Å². The molecule has 1 N–H and O–H groups in total. The van der Waals surface area contributed by atoms with Crippen LogP contribution in [0.4, 0.5) is 0 Å². The normalized spacial score (nSPS) is 11.3. The van der Waals surface area contributed by atoms with Crippen LogP contribution in [-0.4, -0.2) is 26.2 Å². The van der Waals surface area contributed by atoms with Gasteiger partial charge in [0.2, 0.25) is 0 Å². The number of ether oxygens (including phenoxy) is 1. The van der Waals surface area contributed by atoms with E-state index in [-0.39, 0.29) is 0 Å². The average Bonchev–Trinajstić information content (AvgIpc) is 2.29. The molecule has 0 saturated heterocycles. The minimum Gasteiger partial charge on any atom is -0.380 e. The lowest BCUT2D eigenvalue weighted by Crippen LogP contribution is -2.15. The molecule has 0 aliphatic carbocycles. The molecular weight excluding hydrogens is 205 g/mol. The summed E-state index contributed by atoms with van der Waals surface area (Å²) in [6.45, 7) is 2.08. The Balaban J connectivity index is 1.93. The fourth-order valence-electron chi connectivity index (χ4n) is 1.34. The summed E-state index contributed by atoms with van der Waals surface area (Å²) in [5, 5.41) is 3.44. The third kappa shape index (κ3) is 6.62. The summed E-state index contributed by atoms with van der Waals surface area (Å²) in [6.07, 6.45) is 3.43. The Morgan fingerprint density at radius 3 is 2.80 bits per heavy atom. The third-order valence-corrected chi connectivity index (χ3v) is 3.33. The Hall–Kier alpha value is -0.430. The lowest BCUT2D eigenvalue weighted by atomic mass is 10.2. The highest BCUT2D eigenvalue weighted by Crippen LogP contribution is 2.09. The van der Waals surface area contributed by atoms with E-state index in [1.807, 2.05) is 0 Å². The Morgan fingerprint density at radius 1 is 1.27 bits per heavy atom. The van der Waals surface area contributed by atoms with Gasteiger partial charge in [-0.05, 0) is 24.7 Å². The van der Waals surface area contributed by atoms with Crippen LogP contribution >= 0.6 is 8.58 Å². The zero-order valence-corrected chi connectivity index (χ0v) is 10.3. The molecule has 1 aromatic rings. The van der Waals surface area contributed by atoms with Crippen molar-refractivity contribution in [1.82, 2.24) is 5.32 Å². The van der Waals surface area contributed by atoms with Gasteiger partial charge in [-0.15, -0.1) is 0 Å². The summed E-state index contributed by atoms with van der Waals surface area (Å²) in [5.41, 5.74) is 1.36. The standard InChI is InChI=1S/C12H20NOP/c1-14-11-15-9-5-8-13-10-12-6-3-2-4-7-12/h2-4,6-7,13,15H,5,8-11H2,1H3. The van der Waals surface area contributed by atoms with Crippen molar-refractivity contribution in [3.63, 3.8) is 0 Å². The van der Waals surface area contributed by atoms with Crippen molar-refractivity contribution in [3.8, 4) is 0 Å². The van der Waals surface area contributed by atoms with Gasteiger partial charge in [-0.1, -0.05) is 38.9 Å². The van der Waals surface area contributed by atoms with Crippen molar-refractivity contribution in [2.24, 2.45) is 0 Å². The lowest BCUT2D eigenvalue weighted by Gasteiger charge is -2.04. The second kappa shape index (κ2) is 8.84. The van der Waals surface area contributed by atoms with E-state index in [0.29, 0.717) is 0 Å². The third-order valence-electron chi connectivity index (χ3n) is 2.13. The second-order valence-electron chi connectivity index (χ2n) is 3.45. The van der Waals surface area contributed by atoms with E-state index in [1.54, 1.807) is 7.11 Å². The smallest absolute Gasteiger partial charge is 0.0627 e. The van der Waals surface area contributed by atoms with E-state index in [9.17, 15) is 0 Å². The summed E-state index contributed by atoms with van der Waals surface area (Å²) in [4.78, 5) is 0. The van der Waals surface area contributed by atoms with E-state index in [4.69, 9.17) is 4.74 Å². The molecule has 0 aliphatic rings. The van der Waals surface area contributed by atoms with Gasteiger partial charge in [-0.2, -0.15) is 0 Å². The molecule has 2 nitrogen and oxygen atoms in total. The van der Waals surface area contributed by atoms with Gasteiger partial charge < -0.3 is 10.1 Å². The van der Waals surface area contributed by atoms with Crippen LogP contribution in [-0.2, 0) is 11.3 Å². The first-order chi connectivity index (χ1) is 7.43. The van der Waals surface area contributed by atoms with Crippen LogP contribution in [0.25, 0.3) is 0 Å². The van der Waals surface area contributed by atoms with Gasteiger partial charge in [0.1, 0.15) is 0 Å².